The van der Waals surface area contributed by atoms with Gasteiger partial charge in [-0.3, -0.25) is 9.55 Å². The average molecular weight is 433 g/mol. The largest absolute Gasteiger partial charge is 0.338 e. The summed E-state index contributed by atoms with van der Waals surface area (Å²) in [6.45, 7) is 2.07. The van der Waals surface area contributed by atoms with Crippen LogP contribution < -0.4 is 0 Å². The minimum atomic E-state index is 0.499. The van der Waals surface area contributed by atoms with Crippen molar-refractivity contribution in [3.63, 3.8) is 0 Å². The quantitative estimate of drug-likeness (QED) is 0.348. The van der Waals surface area contributed by atoms with Gasteiger partial charge in [-0.15, -0.1) is 21.5 Å². The molecule has 148 valence electrons. The molecule has 9 heteroatoms. The van der Waals surface area contributed by atoms with E-state index in [0.717, 1.165) is 27.1 Å². The molecule has 0 bridgehead atoms. The Hall–Kier alpha value is -3.30. The number of hydrogen-bond donors (Lipinski definition) is 0. The number of aryl methyl sites for hydroxylation is 1. The van der Waals surface area contributed by atoms with Gasteiger partial charge in [-0.05, 0) is 42.6 Å². The molecule has 0 unspecified atom stereocenters. The molecule has 0 radical (unpaired) electrons. The highest BCUT2D eigenvalue weighted by Crippen LogP contribution is 2.30. The Morgan fingerprint density at radius 3 is 2.63 bits per heavy atom. The van der Waals surface area contributed by atoms with Crippen LogP contribution in [0.5, 0.6) is 0 Å². The second-order valence-electron chi connectivity index (χ2n) is 6.49. The molecule has 0 aliphatic rings. The maximum Gasteiger partial charge on any atom is 0.237 e. The van der Waals surface area contributed by atoms with E-state index in [1.54, 1.807) is 23.7 Å². The summed E-state index contributed by atoms with van der Waals surface area (Å²) >= 11 is 3.09. The van der Waals surface area contributed by atoms with E-state index in [1.807, 2.05) is 34.2 Å². The van der Waals surface area contributed by atoms with Crippen LogP contribution in [-0.4, -0.2) is 29.9 Å². The van der Waals surface area contributed by atoms with Crippen LogP contribution in [0.1, 0.15) is 11.5 Å². The van der Waals surface area contributed by atoms with Crippen molar-refractivity contribution in [2.45, 2.75) is 17.8 Å². The first-order chi connectivity index (χ1) is 14.8. The van der Waals surface area contributed by atoms with Gasteiger partial charge in [0.2, 0.25) is 11.7 Å². The molecule has 0 saturated heterocycles. The lowest BCUT2D eigenvalue weighted by Gasteiger charge is -2.10. The van der Waals surface area contributed by atoms with E-state index in [0.29, 0.717) is 17.5 Å². The Bertz CT molecular complexity index is 1250. The number of thiophene rings is 1. The summed E-state index contributed by atoms with van der Waals surface area (Å²) in [5.74, 6) is 2.41. The van der Waals surface area contributed by atoms with Gasteiger partial charge in [-0.2, -0.15) is 4.98 Å². The molecule has 5 aromatic rings. The lowest BCUT2D eigenvalue weighted by Crippen LogP contribution is -2.00. The number of pyridine rings is 1. The molecule has 0 spiro atoms. The van der Waals surface area contributed by atoms with Gasteiger partial charge in [0.25, 0.3) is 0 Å². The predicted octanol–water partition coefficient (Wildman–Crippen LogP) is 5.04. The monoisotopic (exact) mass is 432 g/mol. The van der Waals surface area contributed by atoms with Crippen molar-refractivity contribution in [2.75, 3.05) is 0 Å². The molecule has 0 aliphatic heterocycles. The summed E-state index contributed by atoms with van der Waals surface area (Å²) in [5, 5.41) is 15.7. The first-order valence-corrected chi connectivity index (χ1v) is 11.1. The van der Waals surface area contributed by atoms with Crippen molar-refractivity contribution in [3.05, 3.63) is 77.8 Å². The molecule has 0 fully saturated rings. The maximum atomic E-state index is 5.42. The van der Waals surface area contributed by atoms with E-state index in [9.17, 15) is 0 Å². The third-order valence-corrected chi connectivity index (χ3v) is 6.18. The first kappa shape index (κ1) is 18.7. The normalized spacial score (nSPS) is 11.1. The van der Waals surface area contributed by atoms with Crippen molar-refractivity contribution < 1.29 is 4.52 Å². The number of thioether (sulfide) groups is 1. The van der Waals surface area contributed by atoms with Crippen LogP contribution >= 0.6 is 23.1 Å². The van der Waals surface area contributed by atoms with Crippen LogP contribution in [0.25, 0.3) is 27.8 Å². The molecule has 0 N–H and O–H groups in total. The Morgan fingerprint density at radius 2 is 1.87 bits per heavy atom. The summed E-state index contributed by atoms with van der Waals surface area (Å²) in [6, 6.07) is 16.1. The number of aromatic nitrogens is 6. The van der Waals surface area contributed by atoms with Crippen molar-refractivity contribution in [1.82, 2.24) is 29.9 Å². The fraction of sp³-hybridized carbons (Fsp3) is 0.0952. The van der Waals surface area contributed by atoms with Gasteiger partial charge in [0.05, 0.1) is 10.6 Å². The standard InChI is InChI=1S/C21H16N6OS2/c1-14-4-6-16(7-5-14)27-20(15-8-10-22-11-9-15)24-25-21(27)30-13-18-23-19(26-28-18)17-3-2-12-29-17/h2-12H,13H2,1H3. The molecule has 1 aromatic carbocycles. The molecular weight excluding hydrogens is 416 g/mol. The van der Waals surface area contributed by atoms with E-state index < -0.39 is 0 Å². The van der Waals surface area contributed by atoms with Crippen LogP contribution in [0.15, 0.2) is 76.0 Å². The summed E-state index contributed by atoms with van der Waals surface area (Å²) in [6.07, 6.45) is 3.50. The lowest BCUT2D eigenvalue weighted by molar-refractivity contribution is 0.391. The Balaban J connectivity index is 1.46. The zero-order valence-corrected chi connectivity index (χ0v) is 17.6. The minimum Gasteiger partial charge on any atom is -0.338 e. The highest BCUT2D eigenvalue weighted by Gasteiger charge is 2.18. The van der Waals surface area contributed by atoms with Gasteiger partial charge >= 0.3 is 0 Å². The van der Waals surface area contributed by atoms with E-state index in [4.69, 9.17) is 4.52 Å². The first-order valence-electron chi connectivity index (χ1n) is 9.20. The van der Waals surface area contributed by atoms with Crippen LogP contribution in [-0.2, 0) is 5.75 Å². The second-order valence-corrected chi connectivity index (χ2v) is 8.38. The highest BCUT2D eigenvalue weighted by molar-refractivity contribution is 7.98. The third-order valence-electron chi connectivity index (χ3n) is 4.40. The van der Waals surface area contributed by atoms with Crippen LogP contribution in [0.2, 0.25) is 0 Å². The Kier molecular flexibility index (Phi) is 5.12. The molecule has 7 nitrogen and oxygen atoms in total. The second kappa shape index (κ2) is 8.21. The Labute approximate surface area is 180 Å². The smallest absolute Gasteiger partial charge is 0.237 e. The average Bonchev–Trinajstić information content (AvgIpc) is 3.53. The summed E-state index contributed by atoms with van der Waals surface area (Å²) in [7, 11) is 0. The molecular formula is C21H16N6OS2. The Morgan fingerprint density at radius 1 is 1.03 bits per heavy atom. The summed E-state index contributed by atoms with van der Waals surface area (Å²) < 4.78 is 7.46. The number of nitrogens with zero attached hydrogens (tertiary/aromatic N) is 6. The topological polar surface area (TPSA) is 82.5 Å². The van der Waals surface area contributed by atoms with E-state index >= 15 is 0 Å². The van der Waals surface area contributed by atoms with Gasteiger partial charge in [-0.1, -0.05) is 40.7 Å². The molecule has 4 aromatic heterocycles. The van der Waals surface area contributed by atoms with Crippen molar-refractivity contribution >= 4 is 23.1 Å². The van der Waals surface area contributed by atoms with Gasteiger partial charge in [0.1, 0.15) is 0 Å². The number of hydrogen-bond acceptors (Lipinski definition) is 8. The maximum absolute atomic E-state index is 5.42. The summed E-state index contributed by atoms with van der Waals surface area (Å²) in [5.41, 5.74) is 3.13. The van der Waals surface area contributed by atoms with Gasteiger partial charge in [-0.25, -0.2) is 0 Å². The van der Waals surface area contributed by atoms with Crippen molar-refractivity contribution in [3.8, 4) is 27.8 Å². The zero-order valence-electron chi connectivity index (χ0n) is 16.0. The molecule has 4 heterocycles. The fourth-order valence-corrected chi connectivity index (χ4v) is 4.36. The number of benzene rings is 1. The predicted molar refractivity (Wildman–Crippen MR) is 116 cm³/mol. The fourth-order valence-electron chi connectivity index (χ4n) is 2.92. The van der Waals surface area contributed by atoms with Gasteiger partial charge in [0, 0.05) is 23.6 Å². The van der Waals surface area contributed by atoms with Crippen LogP contribution in [0.4, 0.5) is 0 Å². The lowest BCUT2D eigenvalue weighted by atomic mass is 10.2. The van der Waals surface area contributed by atoms with Crippen LogP contribution in [0, 0.1) is 6.92 Å². The molecule has 5 rings (SSSR count). The van der Waals surface area contributed by atoms with Crippen molar-refractivity contribution in [2.24, 2.45) is 0 Å². The zero-order chi connectivity index (χ0) is 20.3. The summed E-state index contributed by atoms with van der Waals surface area (Å²) in [4.78, 5) is 9.58. The van der Waals surface area contributed by atoms with Crippen LogP contribution in [0.3, 0.4) is 0 Å². The molecule has 0 aliphatic carbocycles. The number of rotatable bonds is 6. The van der Waals surface area contributed by atoms with E-state index in [-0.39, 0.29) is 0 Å². The van der Waals surface area contributed by atoms with Gasteiger partial charge < -0.3 is 4.52 Å². The minimum absolute atomic E-state index is 0.499. The van der Waals surface area contributed by atoms with Gasteiger partial charge in [0.15, 0.2) is 11.0 Å². The molecule has 0 amide bonds. The molecule has 0 saturated carbocycles. The van der Waals surface area contributed by atoms with E-state index in [2.05, 4.69) is 56.5 Å². The van der Waals surface area contributed by atoms with Crippen molar-refractivity contribution in [1.29, 1.82) is 0 Å². The molecule has 0 atom stereocenters. The third kappa shape index (κ3) is 3.77. The molecule has 30 heavy (non-hydrogen) atoms. The van der Waals surface area contributed by atoms with E-state index in [1.165, 1.54) is 17.3 Å². The highest BCUT2D eigenvalue weighted by atomic mass is 32.2. The SMILES string of the molecule is Cc1ccc(-n2c(SCc3nc(-c4cccs4)no3)nnc2-c2ccncc2)cc1.